The van der Waals surface area contributed by atoms with Gasteiger partial charge in [0.25, 0.3) is 6.71 Å². The Hall–Kier alpha value is -16.9. The maximum atomic E-state index is 2.77. The summed E-state index contributed by atoms with van der Waals surface area (Å²) in [4.78, 5) is 5.53. The van der Waals surface area contributed by atoms with Gasteiger partial charge in [-0.2, -0.15) is 0 Å². The number of benzene rings is 21. The van der Waals surface area contributed by atoms with Crippen molar-refractivity contribution in [3.05, 3.63) is 574 Å². The highest BCUT2D eigenvalue weighted by Gasteiger charge is 2.57. The van der Waals surface area contributed by atoms with Gasteiger partial charge in [-0.05, 0) is 244 Å². The van der Waals surface area contributed by atoms with E-state index >= 15 is 0 Å². The fraction of sp³-hybridized carbons (Fsp3) is 0.0308. The highest BCUT2D eigenvalue weighted by Crippen LogP contribution is 2.68. The second kappa shape index (κ2) is 27.4. The van der Waals surface area contributed by atoms with Crippen molar-refractivity contribution in [2.24, 2.45) is 0 Å². The summed E-state index contributed by atoms with van der Waals surface area (Å²) in [5.74, 6) is 0. The molecule has 134 heavy (non-hydrogen) atoms. The first-order valence-electron chi connectivity index (χ1n) is 47.1. The molecule has 618 valence electrons. The Kier molecular flexibility index (Phi) is 15.1. The van der Waals surface area contributed by atoms with Crippen molar-refractivity contribution in [1.82, 2.24) is 4.57 Å². The molecule has 0 unspecified atom stereocenters. The summed E-state index contributed by atoms with van der Waals surface area (Å²) in [5, 5.41) is 2.39. The molecule has 3 nitrogen and oxygen atoms in total. The molecule has 0 bridgehead atoms. The van der Waals surface area contributed by atoms with Crippen LogP contribution in [0.4, 0.5) is 34.1 Å². The molecule has 0 fully saturated rings. The molecular weight excluding hydrogens is 1610 g/mol. The third kappa shape index (κ3) is 9.31. The van der Waals surface area contributed by atoms with E-state index in [4.69, 9.17) is 0 Å². The zero-order valence-corrected chi connectivity index (χ0v) is 73.1. The molecule has 22 aromatic rings. The monoisotopic (exact) mass is 1690 g/mol. The Bertz CT molecular complexity index is 8150. The van der Waals surface area contributed by atoms with Gasteiger partial charge in [-0.25, -0.2) is 0 Å². The number of aromatic nitrogens is 1. The summed E-state index contributed by atoms with van der Waals surface area (Å²) in [5.41, 5.74) is 50.9. The topological polar surface area (TPSA) is 11.4 Å². The molecular formula is C130H80BN3. The number of para-hydroxylation sites is 4. The van der Waals surface area contributed by atoms with Gasteiger partial charge in [0.1, 0.15) is 0 Å². The number of hydrogen-bond acceptors (Lipinski definition) is 2. The van der Waals surface area contributed by atoms with Crippen molar-refractivity contribution >= 4 is 79.0 Å². The number of anilines is 6. The lowest BCUT2D eigenvalue weighted by Crippen LogP contribution is -2.61. The average Bonchev–Trinajstić information content (AvgIpc) is 1.05. The van der Waals surface area contributed by atoms with Gasteiger partial charge in [-0.3, -0.25) is 0 Å². The molecule has 8 aliphatic rings. The van der Waals surface area contributed by atoms with Crippen LogP contribution in [0.1, 0.15) is 89.0 Å². The largest absolute Gasteiger partial charge is 0.311 e. The minimum Gasteiger partial charge on any atom is -0.311 e. The summed E-state index contributed by atoms with van der Waals surface area (Å²) in [6.45, 7) is -0.382. The van der Waals surface area contributed by atoms with E-state index in [9.17, 15) is 0 Å². The number of rotatable bonds is 9. The summed E-state index contributed by atoms with van der Waals surface area (Å²) in [6, 6.07) is 188. The van der Waals surface area contributed by atoms with Gasteiger partial charge in [-0.1, -0.05) is 425 Å². The standard InChI is InChI=1S/C130H80BN3/c1-5-37-83(38-6-1)127(84-39-7-2-8-40-84)104-57-25-19-53-96(104)102-77-116-122(79-114(102)127)133(118-65-33-21-45-88(118)81-69-71-98-94-51-17-31-63-110(94)129(112(98)73-81)106-59-27-13-47-90(106)91-48-14-28-60-107(91)129)124-75-87(132-120-67-35-23-55-100(120)101-56-24-36-68-121(101)132)76-125-126(124)131(116)117-78-103-97-54-20-26-58-105(97)128(85-41-9-3-10-42-85,86-43-11-4-12-44-86)115(103)80-123(117)134(125)119-66-34-22-46-89(119)82-70-72-99-95-52-18-32-64-111(95)130(113(99)74-82)108-61-29-15-49-92(108)93-50-16-30-62-109(93)130/h1-80H. The van der Waals surface area contributed by atoms with E-state index < -0.39 is 21.7 Å². The van der Waals surface area contributed by atoms with Crippen molar-refractivity contribution in [3.8, 4) is 94.7 Å². The molecule has 4 heteroatoms. The SMILES string of the molecule is c1ccc(C2(c3ccccc3)c3ccccc3-c3cc4c(cc32)N(c2ccccc2-c2ccc3c(c2)C2(c5ccccc5-c5ccccc52)c2ccccc2-3)c2cc(-n3c5ccccc5c5ccccc53)cc3c2B4c2cc4c(cc2N3c2ccccc2-c2ccc3c(c2)C2(c5ccccc5-c5ccccc52)c2ccccc2-3)C(c2ccccc2)(c2ccccc2)c2ccccc2-4)cc1. The Balaban J connectivity index is 0.759. The van der Waals surface area contributed by atoms with Gasteiger partial charge < -0.3 is 14.4 Å². The Morgan fingerprint density at radius 2 is 0.418 bits per heavy atom. The molecule has 0 amide bonds. The predicted molar refractivity (Wildman–Crippen MR) is 553 cm³/mol. The molecule has 30 rings (SSSR count). The lowest BCUT2D eigenvalue weighted by atomic mass is 9.33. The molecule has 6 aliphatic carbocycles. The van der Waals surface area contributed by atoms with E-state index in [0.717, 1.165) is 73.1 Å². The third-order valence-electron chi connectivity index (χ3n) is 32.0. The van der Waals surface area contributed by atoms with Crippen LogP contribution in [0.15, 0.2) is 485 Å². The minimum absolute atomic E-state index is 0.382. The predicted octanol–water partition coefficient (Wildman–Crippen LogP) is 29.6. The zero-order chi connectivity index (χ0) is 87.4. The number of hydrogen-bond donors (Lipinski definition) is 0. The molecule has 0 atom stereocenters. The van der Waals surface area contributed by atoms with E-state index in [1.54, 1.807) is 0 Å². The summed E-state index contributed by atoms with van der Waals surface area (Å²) in [7, 11) is 0. The Morgan fingerprint density at radius 3 is 0.746 bits per heavy atom. The summed E-state index contributed by atoms with van der Waals surface area (Å²) >= 11 is 0. The van der Waals surface area contributed by atoms with Crippen molar-refractivity contribution in [1.29, 1.82) is 0 Å². The molecule has 0 saturated carbocycles. The molecule has 3 heterocycles. The van der Waals surface area contributed by atoms with Crippen LogP contribution in [-0.4, -0.2) is 11.3 Å². The average molecular weight is 1690 g/mol. The quantitative estimate of drug-likeness (QED) is 0.133. The highest BCUT2D eigenvalue weighted by molar-refractivity contribution is 7.00. The van der Waals surface area contributed by atoms with E-state index in [-0.39, 0.29) is 6.71 Å². The van der Waals surface area contributed by atoms with Crippen molar-refractivity contribution < 1.29 is 0 Å². The van der Waals surface area contributed by atoms with Crippen molar-refractivity contribution in [3.63, 3.8) is 0 Å². The molecule has 0 radical (unpaired) electrons. The molecule has 0 saturated heterocycles. The Labute approximate surface area is 778 Å². The van der Waals surface area contributed by atoms with Crippen LogP contribution in [0.5, 0.6) is 0 Å². The van der Waals surface area contributed by atoms with Crippen LogP contribution in [0.3, 0.4) is 0 Å². The normalized spacial score (nSPS) is 14.8. The second-order valence-corrected chi connectivity index (χ2v) is 37.7. The maximum absolute atomic E-state index is 2.77. The van der Waals surface area contributed by atoms with Crippen LogP contribution in [0, 0.1) is 0 Å². The van der Waals surface area contributed by atoms with Gasteiger partial charge >= 0.3 is 0 Å². The summed E-state index contributed by atoms with van der Waals surface area (Å²) < 4.78 is 2.59. The van der Waals surface area contributed by atoms with Crippen molar-refractivity contribution in [2.75, 3.05) is 9.80 Å². The fourth-order valence-electron chi connectivity index (χ4n) is 27.0. The summed E-state index contributed by atoms with van der Waals surface area (Å²) in [6.07, 6.45) is 0. The molecule has 2 spiro atoms. The Morgan fingerprint density at radius 1 is 0.164 bits per heavy atom. The second-order valence-electron chi connectivity index (χ2n) is 37.7. The lowest BCUT2D eigenvalue weighted by Gasteiger charge is -2.46. The van der Waals surface area contributed by atoms with Crippen LogP contribution in [-0.2, 0) is 21.7 Å². The smallest absolute Gasteiger partial charge is 0.252 e. The first-order valence-corrected chi connectivity index (χ1v) is 47.1. The first-order chi connectivity index (χ1) is 66.5. The van der Waals surface area contributed by atoms with Gasteiger partial charge in [0.15, 0.2) is 0 Å². The van der Waals surface area contributed by atoms with Gasteiger partial charge in [-0.15, -0.1) is 0 Å². The molecule has 1 aromatic heterocycles. The first kappa shape index (κ1) is 73.9. The van der Waals surface area contributed by atoms with Crippen LogP contribution >= 0.6 is 0 Å². The van der Waals surface area contributed by atoms with Crippen molar-refractivity contribution in [2.45, 2.75) is 21.7 Å². The van der Waals surface area contributed by atoms with Gasteiger partial charge in [0.05, 0.1) is 49.8 Å². The van der Waals surface area contributed by atoms with E-state index in [2.05, 4.69) is 500 Å². The zero-order valence-electron chi connectivity index (χ0n) is 73.1. The highest BCUT2D eigenvalue weighted by atomic mass is 15.2. The lowest BCUT2D eigenvalue weighted by molar-refractivity contribution is 0.768. The maximum Gasteiger partial charge on any atom is 0.252 e. The van der Waals surface area contributed by atoms with E-state index in [1.807, 2.05) is 0 Å². The fourth-order valence-corrected chi connectivity index (χ4v) is 27.0. The molecule has 2 aliphatic heterocycles. The van der Waals surface area contributed by atoms with E-state index in [1.165, 1.54) is 183 Å². The third-order valence-corrected chi connectivity index (χ3v) is 32.0. The number of fused-ring (bicyclic) bond motifs is 33. The van der Waals surface area contributed by atoms with Gasteiger partial charge in [0, 0.05) is 44.6 Å². The van der Waals surface area contributed by atoms with Gasteiger partial charge in [0.2, 0.25) is 0 Å². The number of nitrogens with zero attached hydrogens (tertiary/aromatic N) is 3. The van der Waals surface area contributed by atoms with Crippen LogP contribution in [0.25, 0.3) is 117 Å². The molecule has 0 N–H and O–H groups in total. The van der Waals surface area contributed by atoms with Crippen LogP contribution < -0.4 is 26.2 Å². The van der Waals surface area contributed by atoms with Crippen LogP contribution in [0.2, 0.25) is 0 Å². The minimum atomic E-state index is -0.764. The molecule has 21 aromatic carbocycles. The van der Waals surface area contributed by atoms with E-state index in [0.29, 0.717) is 0 Å².